The molecule has 3 aromatic carbocycles. The monoisotopic (exact) mass is 512 g/mol. The van der Waals surface area contributed by atoms with E-state index in [1.54, 1.807) is 0 Å². The lowest BCUT2D eigenvalue weighted by Gasteiger charge is -2.20. The summed E-state index contributed by atoms with van der Waals surface area (Å²) in [5.74, 6) is 0.537. The van der Waals surface area contributed by atoms with E-state index in [9.17, 15) is 5.11 Å². The Morgan fingerprint density at radius 3 is 1.45 bits per heavy atom. The van der Waals surface area contributed by atoms with Crippen LogP contribution in [0.15, 0.2) is 72.8 Å². The van der Waals surface area contributed by atoms with Crippen molar-refractivity contribution in [3.8, 4) is 5.75 Å². The first kappa shape index (κ1) is 15.8. The minimum Gasteiger partial charge on any atom is -0.506 e. The standard InChI is InChI=1S/C19H14I2O/c20-16-11-15(12-17(21)19(16)22)18(13-7-3-1-4-8-13)14-9-5-2-6-10-14/h1-12,18,22H. The highest BCUT2D eigenvalue weighted by Gasteiger charge is 2.18. The van der Waals surface area contributed by atoms with Crippen molar-refractivity contribution >= 4 is 45.2 Å². The zero-order chi connectivity index (χ0) is 15.5. The van der Waals surface area contributed by atoms with Crippen LogP contribution in [-0.4, -0.2) is 5.11 Å². The van der Waals surface area contributed by atoms with Gasteiger partial charge in [-0.3, -0.25) is 0 Å². The molecule has 0 unspecified atom stereocenters. The predicted molar refractivity (Wildman–Crippen MR) is 107 cm³/mol. The Bertz CT molecular complexity index is 707. The summed E-state index contributed by atoms with van der Waals surface area (Å²) in [6.07, 6.45) is 0. The Morgan fingerprint density at radius 1 is 0.636 bits per heavy atom. The number of rotatable bonds is 3. The highest BCUT2D eigenvalue weighted by Crippen LogP contribution is 2.36. The molecule has 0 saturated heterocycles. The van der Waals surface area contributed by atoms with Crippen molar-refractivity contribution in [1.29, 1.82) is 0 Å². The predicted octanol–water partition coefficient (Wildman–Crippen LogP) is 5.78. The molecular weight excluding hydrogens is 498 g/mol. The fourth-order valence-corrected chi connectivity index (χ4v) is 4.44. The molecule has 1 nitrogen and oxygen atoms in total. The second-order valence-electron chi connectivity index (χ2n) is 5.09. The highest BCUT2D eigenvalue weighted by molar-refractivity contribution is 14.1. The lowest BCUT2D eigenvalue weighted by Crippen LogP contribution is -2.04. The van der Waals surface area contributed by atoms with Crippen LogP contribution < -0.4 is 0 Å². The number of phenols is 1. The maximum absolute atomic E-state index is 10.0. The molecule has 0 saturated carbocycles. The van der Waals surface area contributed by atoms with Crippen molar-refractivity contribution in [1.82, 2.24) is 0 Å². The normalized spacial score (nSPS) is 10.9. The fourth-order valence-electron chi connectivity index (χ4n) is 2.62. The van der Waals surface area contributed by atoms with Crippen molar-refractivity contribution in [2.24, 2.45) is 0 Å². The maximum atomic E-state index is 10.0. The van der Waals surface area contributed by atoms with Gasteiger partial charge in [-0.15, -0.1) is 0 Å². The molecule has 3 rings (SSSR count). The van der Waals surface area contributed by atoms with Crippen LogP contribution in [0.4, 0.5) is 0 Å². The molecule has 0 aliphatic carbocycles. The molecule has 3 heteroatoms. The Kier molecular flexibility index (Phi) is 5.03. The van der Waals surface area contributed by atoms with E-state index in [2.05, 4.69) is 106 Å². The molecule has 0 aliphatic heterocycles. The minimum absolute atomic E-state index is 0.171. The lowest BCUT2D eigenvalue weighted by atomic mass is 9.85. The quantitative estimate of drug-likeness (QED) is 0.349. The summed E-state index contributed by atoms with van der Waals surface area (Å²) in [5.41, 5.74) is 3.71. The molecular formula is C19H14I2O. The van der Waals surface area contributed by atoms with Crippen LogP contribution >= 0.6 is 45.2 Å². The van der Waals surface area contributed by atoms with Crippen LogP contribution in [0.3, 0.4) is 0 Å². The van der Waals surface area contributed by atoms with E-state index in [1.165, 1.54) is 16.7 Å². The van der Waals surface area contributed by atoms with Gasteiger partial charge >= 0.3 is 0 Å². The topological polar surface area (TPSA) is 20.2 Å². The smallest absolute Gasteiger partial charge is 0.142 e. The summed E-state index contributed by atoms with van der Waals surface area (Å²) in [6.45, 7) is 0. The van der Waals surface area contributed by atoms with E-state index in [0.717, 1.165) is 7.14 Å². The molecule has 0 radical (unpaired) electrons. The van der Waals surface area contributed by atoms with Crippen molar-refractivity contribution in [2.75, 3.05) is 0 Å². The Hall–Kier alpha value is -1.08. The van der Waals surface area contributed by atoms with Crippen molar-refractivity contribution in [3.05, 3.63) is 96.6 Å². The van der Waals surface area contributed by atoms with Gasteiger partial charge in [0.2, 0.25) is 0 Å². The summed E-state index contributed by atoms with van der Waals surface area (Å²) in [5, 5.41) is 10.0. The molecule has 0 aromatic heterocycles. The molecule has 0 atom stereocenters. The molecule has 0 spiro atoms. The molecule has 0 bridgehead atoms. The first-order chi connectivity index (χ1) is 10.7. The number of halogens is 2. The third-order valence-electron chi connectivity index (χ3n) is 3.64. The SMILES string of the molecule is Oc1c(I)cc(C(c2ccccc2)c2ccccc2)cc1I. The van der Waals surface area contributed by atoms with Crippen molar-refractivity contribution < 1.29 is 5.11 Å². The van der Waals surface area contributed by atoms with E-state index >= 15 is 0 Å². The average molecular weight is 512 g/mol. The van der Waals surface area contributed by atoms with Gasteiger partial charge in [0.05, 0.1) is 7.14 Å². The lowest BCUT2D eigenvalue weighted by molar-refractivity contribution is 0.467. The van der Waals surface area contributed by atoms with E-state index in [4.69, 9.17) is 0 Å². The Labute approximate surface area is 157 Å². The fraction of sp³-hybridized carbons (Fsp3) is 0.0526. The summed E-state index contributed by atoms with van der Waals surface area (Å²) in [4.78, 5) is 0. The van der Waals surface area contributed by atoms with Gasteiger partial charge < -0.3 is 5.11 Å². The van der Waals surface area contributed by atoms with Gasteiger partial charge in [0.15, 0.2) is 0 Å². The Morgan fingerprint density at radius 2 is 1.05 bits per heavy atom. The van der Waals surface area contributed by atoms with Crippen LogP contribution in [0.2, 0.25) is 0 Å². The highest BCUT2D eigenvalue weighted by atomic mass is 127. The molecule has 110 valence electrons. The second-order valence-corrected chi connectivity index (χ2v) is 7.41. The van der Waals surface area contributed by atoms with Crippen LogP contribution in [0.5, 0.6) is 5.75 Å². The molecule has 0 amide bonds. The number of hydrogen-bond donors (Lipinski definition) is 1. The molecule has 3 aromatic rings. The van der Waals surface area contributed by atoms with Gasteiger partial charge in [-0.25, -0.2) is 0 Å². The zero-order valence-electron chi connectivity index (χ0n) is 11.7. The first-order valence-corrected chi connectivity index (χ1v) is 9.10. The minimum atomic E-state index is 0.171. The molecule has 0 heterocycles. The van der Waals surface area contributed by atoms with Gasteiger partial charge in [-0.1, -0.05) is 60.7 Å². The van der Waals surface area contributed by atoms with Crippen LogP contribution in [0.25, 0.3) is 0 Å². The summed E-state index contributed by atoms with van der Waals surface area (Å²) >= 11 is 4.39. The first-order valence-electron chi connectivity index (χ1n) is 6.94. The second kappa shape index (κ2) is 7.00. The summed E-state index contributed by atoms with van der Waals surface area (Å²) < 4.78 is 1.77. The van der Waals surface area contributed by atoms with Crippen molar-refractivity contribution in [3.63, 3.8) is 0 Å². The van der Waals surface area contributed by atoms with Gasteiger partial charge in [-0.05, 0) is 74.0 Å². The van der Waals surface area contributed by atoms with Gasteiger partial charge in [0, 0.05) is 5.92 Å². The van der Waals surface area contributed by atoms with Crippen LogP contribution in [0.1, 0.15) is 22.6 Å². The number of phenolic OH excluding ortho intramolecular Hbond substituents is 1. The molecule has 0 aliphatic rings. The van der Waals surface area contributed by atoms with Crippen LogP contribution in [-0.2, 0) is 0 Å². The van der Waals surface area contributed by atoms with Gasteiger partial charge in [0.1, 0.15) is 5.75 Å². The van der Waals surface area contributed by atoms with E-state index < -0.39 is 0 Å². The summed E-state index contributed by atoms with van der Waals surface area (Å²) in [7, 11) is 0. The molecule has 22 heavy (non-hydrogen) atoms. The van der Waals surface area contributed by atoms with E-state index in [-0.39, 0.29) is 5.92 Å². The van der Waals surface area contributed by atoms with Gasteiger partial charge in [-0.2, -0.15) is 0 Å². The largest absolute Gasteiger partial charge is 0.506 e. The van der Waals surface area contributed by atoms with Gasteiger partial charge in [0.25, 0.3) is 0 Å². The number of benzene rings is 3. The molecule has 1 N–H and O–H groups in total. The number of aromatic hydroxyl groups is 1. The Balaban J connectivity index is 2.19. The molecule has 0 fully saturated rings. The van der Waals surface area contributed by atoms with Crippen molar-refractivity contribution in [2.45, 2.75) is 5.92 Å². The maximum Gasteiger partial charge on any atom is 0.142 e. The van der Waals surface area contributed by atoms with E-state index in [0.29, 0.717) is 5.75 Å². The average Bonchev–Trinajstić information content (AvgIpc) is 2.55. The van der Waals surface area contributed by atoms with Crippen LogP contribution in [0, 0.1) is 7.14 Å². The van der Waals surface area contributed by atoms with E-state index in [1.807, 2.05) is 12.1 Å². The number of hydrogen-bond acceptors (Lipinski definition) is 1. The zero-order valence-corrected chi connectivity index (χ0v) is 16.0. The summed E-state index contributed by atoms with van der Waals surface area (Å²) in [6, 6.07) is 25.1. The third-order valence-corrected chi connectivity index (χ3v) is 5.28. The third kappa shape index (κ3) is 3.30.